The van der Waals surface area contributed by atoms with Crippen molar-refractivity contribution in [2.45, 2.75) is 124 Å². The Hall–Kier alpha value is -0.570. The number of esters is 1. The van der Waals surface area contributed by atoms with Gasteiger partial charge in [-0.05, 0) is 91.3 Å². The van der Waals surface area contributed by atoms with Gasteiger partial charge >= 0.3 is 5.97 Å². The molecule has 0 bridgehead atoms. The Kier molecular flexibility index (Phi) is 6.00. The third-order valence-corrected chi connectivity index (χ3v) is 11.4. The largest absolute Gasteiger partial charge is 0.462 e. The van der Waals surface area contributed by atoms with E-state index in [1.165, 1.54) is 51.4 Å². The molecule has 0 aromatic heterocycles. The zero-order valence-electron chi connectivity index (χ0n) is 21.6. The fourth-order valence-electron chi connectivity index (χ4n) is 9.92. The number of hydrogen-bond donors (Lipinski definition) is 0. The molecule has 5 fully saturated rings. The summed E-state index contributed by atoms with van der Waals surface area (Å²) in [5, 5.41) is 0. The van der Waals surface area contributed by atoms with Crippen LogP contribution >= 0.6 is 0 Å². The van der Waals surface area contributed by atoms with Crippen molar-refractivity contribution in [3.05, 3.63) is 0 Å². The van der Waals surface area contributed by atoms with Crippen LogP contribution < -0.4 is 0 Å². The normalized spacial score (nSPS) is 50.1. The van der Waals surface area contributed by atoms with E-state index in [0.29, 0.717) is 23.4 Å². The van der Waals surface area contributed by atoms with E-state index < -0.39 is 0 Å². The molecule has 1 saturated heterocycles. The van der Waals surface area contributed by atoms with Crippen molar-refractivity contribution in [3.63, 3.8) is 0 Å². The van der Waals surface area contributed by atoms with Gasteiger partial charge in [0.2, 0.25) is 0 Å². The molecular weight excluding hydrogens is 396 g/mol. The van der Waals surface area contributed by atoms with Crippen molar-refractivity contribution in [2.75, 3.05) is 0 Å². The van der Waals surface area contributed by atoms with Gasteiger partial charge in [-0.15, -0.1) is 0 Å². The van der Waals surface area contributed by atoms with Gasteiger partial charge in [-0.3, -0.25) is 4.79 Å². The lowest BCUT2D eigenvalue weighted by Gasteiger charge is -2.51. The molecule has 0 radical (unpaired) electrons. The maximum Gasteiger partial charge on any atom is 0.302 e. The molecule has 3 heteroatoms. The minimum Gasteiger partial charge on any atom is -0.462 e. The highest BCUT2D eigenvalue weighted by Gasteiger charge is 2.71. The molecular formula is C29H48O3. The molecule has 1 spiro atoms. The molecule has 182 valence electrons. The van der Waals surface area contributed by atoms with Crippen LogP contribution in [-0.2, 0) is 14.3 Å². The van der Waals surface area contributed by atoms with Gasteiger partial charge in [0.05, 0.1) is 6.10 Å². The fourth-order valence-corrected chi connectivity index (χ4v) is 9.92. The minimum atomic E-state index is -0.126. The zero-order chi connectivity index (χ0) is 22.8. The summed E-state index contributed by atoms with van der Waals surface area (Å²) in [4.78, 5) is 11.6. The van der Waals surface area contributed by atoms with Crippen molar-refractivity contribution in [1.82, 2.24) is 0 Å². The zero-order valence-corrected chi connectivity index (χ0v) is 21.6. The van der Waals surface area contributed by atoms with E-state index in [1.54, 1.807) is 6.92 Å². The minimum absolute atomic E-state index is 0.0371. The van der Waals surface area contributed by atoms with Gasteiger partial charge in [-0.25, -0.2) is 0 Å². The van der Waals surface area contributed by atoms with E-state index in [9.17, 15) is 4.79 Å². The number of carbonyl (C=O) groups is 1. The van der Waals surface area contributed by atoms with Gasteiger partial charge in [-0.1, -0.05) is 53.9 Å². The summed E-state index contributed by atoms with van der Waals surface area (Å²) in [5.74, 6) is 6.36. The van der Waals surface area contributed by atoms with E-state index in [1.807, 2.05) is 0 Å². The van der Waals surface area contributed by atoms with Crippen LogP contribution in [0, 0.1) is 52.8 Å². The van der Waals surface area contributed by atoms with E-state index in [2.05, 4.69) is 34.6 Å². The van der Waals surface area contributed by atoms with Crippen LogP contribution in [0.5, 0.6) is 0 Å². The topological polar surface area (TPSA) is 38.8 Å². The highest BCUT2D eigenvalue weighted by atomic mass is 16.6. The van der Waals surface area contributed by atoms with Crippen molar-refractivity contribution in [2.24, 2.45) is 52.8 Å². The smallest absolute Gasteiger partial charge is 0.302 e. The molecule has 4 aliphatic carbocycles. The summed E-state index contributed by atoms with van der Waals surface area (Å²) in [6.07, 6.45) is 13.7. The Bertz CT molecular complexity index is 717. The average molecular weight is 445 g/mol. The summed E-state index contributed by atoms with van der Waals surface area (Å²) >= 11 is 0. The Morgan fingerprint density at radius 3 is 2.56 bits per heavy atom. The maximum absolute atomic E-state index is 11.6. The summed E-state index contributed by atoms with van der Waals surface area (Å²) < 4.78 is 12.2. The monoisotopic (exact) mass is 444 g/mol. The number of carbonyl (C=O) groups excluding carboxylic acids is 1. The van der Waals surface area contributed by atoms with Crippen molar-refractivity contribution in [1.29, 1.82) is 0 Å². The number of hydrogen-bond acceptors (Lipinski definition) is 3. The summed E-state index contributed by atoms with van der Waals surface area (Å²) in [6.45, 7) is 14.1. The van der Waals surface area contributed by atoms with Gasteiger partial charge in [-0.2, -0.15) is 0 Å². The van der Waals surface area contributed by atoms with Crippen LogP contribution in [0.1, 0.15) is 106 Å². The molecule has 5 rings (SSSR count). The van der Waals surface area contributed by atoms with Crippen LogP contribution in [0.4, 0.5) is 0 Å². The van der Waals surface area contributed by atoms with Gasteiger partial charge in [0.1, 0.15) is 11.7 Å². The second kappa shape index (κ2) is 8.28. The first-order valence-corrected chi connectivity index (χ1v) is 14.0. The van der Waals surface area contributed by atoms with Crippen molar-refractivity contribution in [3.8, 4) is 0 Å². The Labute approximate surface area is 196 Å². The van der Waals surface area contributed by atoms with E-state index in [4.69, 9.17) is 9.47 Å². The van der Waals surface area contributed by atoms with Crippen molar-refractivity contribution < 1.29 is 14.3 Å². The quantitative estimate of drug-likeness (QED) is 0.326. The molecule has 0 N–H and O–H groups in total. The molecule has 32 heavy (non-hydrogen) atoms. The van der Waals surface area contributed by atoms with Crippen LogP contribution in [0.15, 0.2) is 0 Å². The SMILES string of the molecule is CC(=O)O[C@H]1C[C@@H]2[C@H](C)[C@H]3CC[C@]4(C)[C@@H]([C@H](C)CCCC(C)C)CC[C@H]4[C@@H]3C[C@H]3O[C@@]23C1. The maximum atomic E-state index is 11.6. The molecule has 0 amide bonds. The van der Waals surface area contributed by atoms with Crippen LogP contribution in [0.25, 0.3) is 0 Å². The third-order valence-electron chi connectivity index (χ3n) is 11.4. The van der Waals surface area contributed by atoms with E-state index in [0.717, 1.165) is 48.3 Å². The Balaban J connectivity index is 1.30. The number of fused-ring (bicyclic) bond motifs is 3. The predicted octanol–water partition coefficient (Wildman–Crippen LogP) is 7.03. The van der Waals surface area contributed by atoms with Crippen LogP contribution in [0.3, 0.4) is 0 Å². The Morgan fingerprint density at radius 2 is 1.84 bits per heavy atom. The molecule has 11 atom stereocenters. The van der Waals surface area contributed by atoms with Crippen LogP contribution in [-0.4, -0.2) is 23.8 Å². The predicted molar refractivity (Wildman–Crippen MR) is 128 cm³/mol. The van der Waals surface area contributed by atoms with E-state index in [-0.39, 0.29) is 17.7 Å². The molecule has 0 unspecified atom stereocenters. The molecule has 5 aliphatic rings. The second-order valence-corrected chi connectivity index (χ2v) is 13.4. The Morgan fingerprint density at radius 1 is 1.06 bits per heavy atom. The van der Waals surface area contributed by atoms with Gasteiger partial charge in [0.25, 0.3) is 0 Å². The first kappa shape index (κ1) is 23.2. The molecule has 4 saturated carbocycles. The standard InChI is InChI=1S/C29H48O3/c1-17(2)8-7-9-18(3)24-10-11-25-23-15-27-29(32-27)16-21(31-20(5)30)14-26(29)19(4)22(23)12-13-28(24,25)6/h17-19,21-27H,7-16H2,1-6H3/t18-,19-,21+,22-,23-,24-,25+,26-,27-,28-,29+/m1/s1. The van der Waals surface area contributed by atoms with Gasteiger partial charge in [0, 0.05) is 13.3 Å². The van der Waals surface area contributed by atoms with E-state index >= 15 is 0 Å². The first-order valence-electron chi connectivity index (χ1n) is 14.0. The lowest BCUT2D eigenvalue weighted by atomic mass is 9.53. The first-order chi connectivity index (χ1) is 15.2. The average Bonchev–Trinajstić information content (AvgIpc) is 3.09. The molecule has 0 aromatic carbocycles. The fraction of sp³-hybridized carbons (Fsp3) is 0.966. The summed E-state index contributed by atoms with van der Waals surface area (Å²) in [5.41, 5.74) is 0.579. The van der Waals surface area contributed by atoms with Gasteiger partial charge in [0.15, 0.2) is 0 Å². The molecule has 0 aromatic rings. The molecule has 1 heterocycles. The lowest BCUT2D eigenvalue weighted by molar-refractivity contribution is -0.146. The lowest BCUT2D eigenvalue weighted by Crippen LogP contribution is -2.45. The molecule has 3 nitrogen and oxygen atoms in total. The summed E-state index contributed by atoms with van der Waals surface area (Å²) in [7, 11) is 0. The number of ether oxygens (including phenoxy) is 2. The van der Waals surface area contributed by atoms with Crippen molar-refractivity contribution >= 4 is 5.97 Å². The number of rotatable bonds is 6. The third kappa shape index (κ3) is 3.68. The highest BCUT2D eigenvalue weighted by Crippen LogP contribution is 2.69. The highest BCUT2D eigenvalue weighted by molar-refractivity contribution is 5.66. The van der Waals surface area contributed by atoms with Crippen LogP contribution in [0.2, 0.25) is 0 Å². The number of epoxide rings is 1. The molecule has 1 aliphatic heterocycles. The summed E-state index contributed by atoms with van der Waals surface area (Å²) in [6, 6.07) is 0. The second-order valence-electron chi connectivity index (χ2n) is 13.4. The van der Waals surface area contributed by atoms with Gasteiger partial charge < -0.3 is 9.47 Å².